The van der Waals surface area contributed by atoms with Gasteiger partial charge >= 0.3 is 5.97 Å². The number of aromatic nitrogens is 1. The molecule has 1 atom stereocenters. The molecule has 6 nitrogen and oxygen atoms in total. The molecule has 6 heteroatoms. The second-order valence-electron chi connectivity index (χ2n) is 5.76. The summed E-state index contributed by atoms with van der Waals surface area (Å²) in [5.41, 5.74) is 2.41. The van der Waals surface area contributed by atoms with Crippen LogP contribution in [0.15, 0.2) is 36.5 Å². The molecule has 0 spiro atoms. The van der Waals surface area contributed by atoms with E-state index in [0.717, 1.165) is 11.1 Å². The van der Waals surface area contributed by atoms with E-state index in [0.29, 0.717) is 11.3 Å². The molecule has 1 unspecified atom stereocenters. The Kier molecular flexibility index (Phi) is 5.18. The van der Waals surface area contributed by atoms with E-state index in [1.54, 1.807) is 29.9 Å². The van der Waals surface area contributed by atoms with Crippen molar-refractivity contribution < 1.29 is 19.5 Å². The number of nitrogens with zero attached hydrogens (tertiary/aromatic N) is 1. The van der Waals surface area contributed by atoms with Crippen LogP contribution in [0.3, 0.4) is 0 Å². The second kappa shape index (κ2) is 7.12. The van der Waals surface area contributed by atoms with Gasteiger partial charge in [-0.05, 0) is 31.0 Å². The van der Waals surface area contributed by atoms with Crippen molar-refractivity contribution in [2.24, 2.45) is 7.05 Å². The van der Waals surface area contributed by atoms with Crippen LogP contribution in [0, 0.1) is 6.92 Å². The highest BCUT2D eigenvalue weighted by atomic mass is 16.4. The number of hydrogen-bond acceptors (Lipinski definition) is 3. The monoisotopic (exact) mass is 328 g/mol. The first-order chi connectivity index (χ1) is 11.3. The van der Waals surface area contributed by atoms with E-state index in [2.05, 4.69) is 5.32 Å². The van der Waals surface area contributed by atoms with Gasteiger partial charge in [0.05, 0.1) is 12.5 Å². The zero-order chi connectivity index (χ0) is 17.9. The molecule has 126 valence electrons. The van der Waals surface area contributed by atoms with Gasteiger partial charge in [-0.15, -0.1) is 0 Å². The van der Waals surface area contributed by atoms with Gasteiger partial charge in [0.25, 0.3) is 5.91 Å². The molecule has 0 aliphatic rings. The van der Waals surface area contributed by atoms with E-state index in [1.807, 2.05) is 19.1 Å². The summed E-state index contributed by atoms with van der Waals surface area (Å²) in [5, 5.41) is 11.9. The molecule has 24 heavy (non-hydrogen) atoms. The van der Waals surface area contributed by atoms with Crippen molar-refractivity contribution in [3.63, 3.8) is 0 Å². The van der Waals surface area contributed by atoms with Crippen LogP contribution < -0.4 is 5.32 Å². The highest BCUT2D eigenvalue weighted by Gasteiger charge is 2.22. The number of carboxylic acid groups (broad SMARTS) is 1. The second-order valence-corrected chi connectivity index (χ2v) is 5.76. The number of Topliss-reactive ketones (excluding diaryl/α,β-unsaturated/α-hetero) is 1. The Bertz CT molecular complexity index is 792. The minimum absolute atomic E-state index is 0.134. The third-order valence-corrected chi connectivity index (χ3v) is 3.89. The average molecular weight is 328 g/mol. The van der Waals surface area contributed by atoms with Crippen LogP contribution in [0.4, 0.5) is 0 Å². The lowest BCUT2D eigenvalue weighted by atomic mass is 9.98. The summed E-state index contributed by atoms with van der Waals surface area (Å²) in [6.07, 6.45) is 1.36. The standard InChI is InChI=1S/C18H20N2O4/c1-11-6-4-5-7-14(11)15(9-17(22)23)19-18(24)16-8-13(12(2)21)10-20(16)3/h4-8,10,15H,9H2,1-3H3,(H,19,24)(H,22,23). The Morgan fingerprint density at radius 2 is 1.92 bits per heavy atom. The molecule has 1 amide bonds. The number of nitrogens with one attached hydrogen (secondary N) is 1. The van der Waals surface area contributed by atoms with Crippen molar-refractivity contribution in [1.29, 1.82) is 0 Å². The van der Waals surface area contributed by atoms with Crippen LogP contribution in [-0.2, 0) is 11.8 Å². The Morgan fingerprint density at radius 1 is 1.25 bits per heavy atom. The van der Waals surface area contributed by atoms with Gasteiger partial charge < -0.3 is 15.0 Å². The van der Waals surface area contributed by atoms with Gasteiger partial charge in [-0.3, -0.25) is 14.4 Å². The van der Waals surface area contributed by atoms with Crippen LogP contribution in [0.5, 0.6) is 0 Å². The predicted molar refractivity (Wildman–Crippen MR) is 89.1 cm³/mol. The summed E-state index contributed by atoms with van der Waals surface area (Å²) in [7, 11) is 1.67. The first-order valence-corrected chi connectivity index (χ1v) is 7.55. The minimum Gasteiger partial charge on any atom is -0.481 e. The number of aryl methyl sites for hydroxylation is 2. The smallest absolute Gasteiger partial charge is 0.305 e. The lowest BCUT2D eigenvalue weighted by molar-refractivity contribution is -0.137. The summed E-state index contributed by atoms with van der Waals surface area (Å²) >= 11 is 0. The molecule has 1 aromatic heterocycles. The molecule has 0 aliphatic heterocycles. The first-order valence-electron chi connectivity index (χ1n) is 7.55. The van der Waals surface area contributed by atoms with Crippen LogP contribution in [0.2, 0.25) is 0 Å². The Hall–Kier alpha value is -2.89. The maximum atomic E-state index is 12.5. The zero-order valence-corrected chi connectivity index (χ0v) is 13.9. The molecular formula is C18H20N2O4. The molecule has 0 radical (unpaired) electrons. The number of hydrogen-bond donors (Lipinski definition) is 2. The topological polar surface area (TPSA) is 88.4 Å². The number of carboxylic acids is 1. The van der Waals surface area contributed by atoms with Crippen LogP contribution in [-0.4, -0.2) is 27.3 Å². The maximum absolute atomic E-state index is 12.5. The number of rotatable bonds is 6. The molecule has 0 fully saturated rings. The van der Waals surface area contributed by atoms with Crippen molar-refractivity contribution in [2.45, 2.75) is 26.3 Å². The Labute approximate surface area is 140 Å². The summed E-state index contributed by atoms with van der Waals surface area (Å²) in [5.74, 6) is -1.55. The van der Waals surface area contributed by atoms with Gasteiger partial charge in [0.15, 0.2) is 5.78 Å². The van der Waals surface area contributed by atoms with Gasteiger partial charge in [0.1, 0.15) is 5.69 Å². The highest BCUT2D eigenvalue weighted by Crippen LogP contribution is 2.21. The Balaban J connectivity index is 2.29. The number of aliphatic carboxylic acids is 1. The molecule has 0 saturated heterocycles. The highest BCUT2D eigenvalue weighted by molar-refractivity contribution is 5.99. The average Bonchev–Trinajstić information content (AvgIpc) is 2.89. The van der Waals surface area contributed by atoms with E-state index >= 15 is 0 Å². The van der Waals surface area contributed by atoms with Gasteiger partial charge in [-0.25, -0.2) is 0 Å². The van der Waals surface area contributed by atoms with Gasteiger partial charge in [-0.2, -0.15) is 0 Å². The van der Waals surface area contributed by atoms with E-state index in [4.69, 9.17) is 5.11 Å². The number of benzene rings is 1. The Morgan fingerprint density at radius 3 is 2.46 bits per heavy atom. The van der Waals surface area contributed by atoms with Crippen molar-refractivity contribution in [1.82, 2.24) is 9.88 Å². The molecule has 2 aromatic rings. The van der Waals surface area contributed by atoms with Gasteiger partial charge in [-0.1, -0.05) is 24.3 Å². The lowest BCUT2D eigenvalue weighted by Crippen LogP contribution is -2.31. The molecule has 0 bridgehead atoms. The molecular weight excluding hydrogens is 308 g/mol. The van der Waals surface area contributed by atoms with Crippen molar-refractivity contribution in [3.8, 4) is 0 Å². The van der Waals surface area contributed by atoms with Gasteiger partial charge in [0, 0.05) is 18.8 Å². The van der Waals surface area contributed by atoms with Crippen LogP contribution in [0.25, 0.3) is 0 Å². The molecule has 1 aromatic carbocycles. The maximum Gasteiger partial charge on any atom is 0.305 e. The third-order valence-electron chi connectivity index (χ3n) is 3.89. The fourth-order valence-corrected chi connectivity index (χ4v) is 2.61. The first kappa shape index (κ1) is 17.5. The summed E-state index contributed by atoms with van der Waals surface area (Å²) in [6.45, 7) is 3.30. The normalized spacial score (nSPS) is 11.8. The molecule has 2 rings (SSSR count). The zero-order valence-electron chi connectivity index (χ0n) is 13.9. The molecule has 0 saturated carbocycles. The number of amides is 1. The third kappa shape index (κ3) is 3.90. The van der Waals surface area contributed by atoms with E-state index < -0.39 is 17.9 Å². The van der Waals surface area contributed by atoms with Crippen molar-refractivity contribution in [3.05, 3.63) is 58.9 Å². The van der Waals surface area contributed by atoms with Gasteiger partial charge in [0.2, 0.25) is 0 Å². The van der Waals surface area contributed by atoms with E-state index in [-0.39, 0.29) is 12.2 Å². The summed E-state index contributed by atoms with van der Waals surface area (Å²) in [6, 6.07) is 8.19. The fraction of sp³-hybridized carbons (Fsp3) is 0.278. The fourth-order valence-electron chi connectivity index (χ4n) is 2.61. The predicted octanol–water partition coefficient (Wildman–Crippen LogP) is 2.48. The van der Waals surface area contributed by atoms with Crippen LogP contribution >= 0.6 is 0 Å². The molecule has 2 N–H and O–H groups in total. The number of carbonyl (C=O) groups is 3. The molecule has 1 heterocycles. The SMILES string of the molecule is CC(=O)c1cc(C(=O)NC(CC(=O)O)c2ccccc2C)n(C)c1. The summed E-state index contributed by atoms with van der Waals surface area (Å²) in [4.78, 5) is 35.2. The number of carbonyl (C=O) groups excluding carboxylic acids is 2. The molecule has 0 aliphatic carbocycles. The quantitative estimate of drug-likeness (QED) is 0.797. The van der Waals surface area contributed by atoms with Crippen LogP contribution in [0.1, 0.15) is 51.4 Å². The lowest BCUT2D eigenvalue weighted by Gasteiger charge is -2.19. The van der Waals surface area contributed by atoms with Crippen molar-refractivity contribution in [2.75, 3.05) is 0 Å². The summed E-state index contributed by atoms with van der Waals surface area (Å²) < 4.78 is 1.56. The largest absolute Gasteiger partial charge is 0.481 e. The van der Waals surface area contributed by atoms with E-state index in [9.17, 15) is 14.4 Å². The van der Waals surface area contributed by atoms with Crippen molar-refractivity contribution >= 4 is 17.7 Å². The van der Waals surface area contributed by atoms with E-state index in [1.165, 1.54) is 13.0 Å². The minimum atomic E-state index is -1.00. The number of ketones is 1.